The molecule has 1 aliphatic carbocycles. The molecule has 0 fully saturated rings. The van der Waals surface area contributed by atoms with E-state index in [0.717, 1.165) is 48.6 Å². The van der Waals surface area contributed by atoms with Crippen molar-refractivity contribution in [3.8, 4) is 12.1 Å². The number of rotatable bonds is 5. The number of nitrogens with zero attached hydrogens (tertiary/aromatic N) is 3. The van der Waals surface area contributed by atoms with E-state index in [1.165, 1.54) is 33.5 Å². The smallest absolute Gasteiger partial charge is 0.235 e. The Labute approximate surface area is 183 Å². The molecule has 7 heteroatoms. The number of aryl methyl sites for hydroxylation is 2. The van der Waals surface area contributed by atoms with Gasteiger partial charge in [-0.2, -0.15) is 10.5 Å². The second-order valence-electron chi connectivity index (χ2n) is 7.20. The number of carbonyl (C=O) groups is 1. The number of benzene rings is 1. The number of aromatic nitrogens is 1. The van der Waals surface area contributed by atoms with E-state index in [-0.39, 0.29) is 11.7 Å². The van der Waals surface area contributed by atoms with Gasteiger partial charge in [-0.3, -0.25) is 4.79 Å². The maximum absolute atomic E-state index is 12.6. The minimum Gasteiger partial charge on any atom is -0.316 e. The van der Waals surface area contributed by atoms with Crippen molar-refractivity contribution in [2.24, 2.45) is 0 Å². The van der Waals surface area contributed by atoms with Gasteiger partial charge in [0.2, 0.25) is 5.91 Å². The van der Waals surface area contributed by atoms with Crippen LogP contribution in [0.3, 0.4) is 0 Å². The van der Waals surface area contributed by atoms with Crippen molar-refractivity contribution < 1.29 is 4.79 Å². The number of nitrogens with one attached hydrogen (secondary N) is 1. The van der Waals surface area contributed by atoms with E-state index >= 15 is 0 Å². The van der Waals surface area contributed by atoms with E-state index in [2.05, 4.69) is 29.4 Å². The molecule has 30 heavy (non-hydrogen) atoms. The van der Waals surface area contributed by atoms with Crippen molar-refractivity contribution >= 4 is 44.9 Å². The number of anilines is 1. The number of amides is 1. The minimum absolute atomic E-state index is 0.133. The summed E-state index contributed by atoms with van der Waals surface area (Å²) in [6.07, 6.45) is 5.03. The minimum atomic E-state index is -0.192. The Morgan fingerprint density at radius 3 is 2.83 bits per heavy atom. The third-order valence-corrected chi connectivity index (χ3v) is 7.45. The quantitative estimate of drug-likeness (QED) is 0.559. The Hall–Kier alpha value is -2.87. The number of pyridine rings is 1. The molecule has 2 aromatic heterocycles. The third kappa shape index (κ3) is 4.05. The van der Waals surface area contributed by atoms with Crippen LogP contribution >= 0.6 is 23.1 Å². The highest BCUT2D eigenvalue weighted by Gasteiger charge is 2.22. The number of carbonyl (C=O) groups excluding carboxylic acids is 1. The highest BCUT2D eigenvalue weighted by atomic mass is 32.2. The monoisotopic (exact) mass is 432 g/mol. The second kappa shape index (κ2) is 8.87. The molecule has 2 heterocycles. The molecular weight excluding hydrogens is 412 g/mol. The van der Waals surface area contributed by atoms with Crippen molar-refractivity contribution in [3.05, 3.63) is 51.4 Å². The van der Waals surface area contributed by atoms with E-state index in [4.69, 9.17) is 0 Å². The van der Waals surface area contributed by atoms with Crippen LogP contribution < -0.4 is 5.32 Å². The van der Waals surface area contributed by atoms with Gasteiger partial charge in [-0.05, 0) is 61.4 Å². The van der Waals surface area contributed by atoms with Gasteiger partial charge < -0.3 is 5.32 Å². The van der Waals surface area contributed by atoms with Crippen LogP contribution in [0.5, 0.6) is 0 Å². The number of thioether (sulfide) groups is 1. The number of thiophene rings is 1. The van der Waals surface area contributed by atoms with Gasteiger partial charge in [0.15, 0.2) is 0 Å². The number of fused-ring (bicyclic) bond motifs is 2. The summed E-state index contributed by atoms with van der Waals surface area (Å²) in [4.78, 5) is 18.4. The molecule has 0 saturated heterocycles. The second-order valence-corrected chi connectivity index (χ2v) is 9.27. The van der Waals surface area contributed by atoms with Gasteiger partial charge in [0.05, 0.1) is 22.4 Å². The predicted octanol–water partition coefficient (Wildman–Crippen LogP) is 5.21. The summed E-state index contributed by atoms with van der Waals surface area (Å²) in [5, 5.41) is 24.1. The molecule has 1 N–H and O–H groups in total. The Kier molecular flexibility index (Phi) is 6.03. The average Bonchev–Trinajstić information content (AvgIpc) is 3.13. The van der Waals surface area contributed by atoms with Crippen LogP contribution in [0.1, 0.15) is 46.9 Å². The summed E-state index contributed by atoms with van der Waals surface area (Å²) in [5.74, 6) is -0.0598. The normalized spacial score (nSPS) is 12.8. The molecule has 0 atom stereocenters. The Bertz CT molecular complexity index is 1220. The molecule has 3 aromatic rings. The van der Waals surface area contributed by atoms with E-state index in [1.54, 1.807) is 0 Å². The maximum Gasteiger partial charge on any atom is 0.235 e. The van der Waals surface area contributed by atoms with E-state index < -0.39 is 0 Å². The van der Waals surface area contributed by atoms with Crippen molar-refractivity contribution in [2.45, 2.75) is 44.1 Å². The van der Waals surface area contributed by atoms with Crippen LogP contribution in [0.15, 0.2) is 29.3 Å². The fraction of sp³-hybridized carbons (Fsp3) is 0.304. The van der Waals surface area contributed by atoms with Crippen molar-refractivity contribution in [3.63, 3.8) is 0 Å². The zero-order valence-electron chi connectivity index (χ0n) is 16.6. The van der Waals surface area contributed by atoms with Gasteiger partial charge in [0, 0.05) is 10.3 Å². The summed E-state index contributed by atoms with van der Waals surface area (Å²) in [6.45, 7) is 2.09. The van der Waals surface area contributed by atoms with Gasteiger partial charge in [0.1, 0.15) is 22.2 Å². The first kappa shape index (κ1) is 20.4. The average molecular weight is 433 g/mol. The maximum atomic E-state index is 12.6. The standard InChI is InChI=1S/C23H20N4OS2/c1-2-14-7-8-19-15(9-14)10-16(11-24)22(26-19)29-13-21(28)27-23-18(12-25)17-5-3-4-6-20(17)30-23/h7-10H,2-6,13H2,1H3,(H,27,28). The zero-order chi connectivity index (χ0) is 21.1. The largest absolute Gasteiger partial charge is 0.316 e. The van der Waals surface area contributed by atoms with Crippen LogP contribution in [-0.2, 0) is 24.1 Å². The fourth-order valence-electron chi connectivity index (χ4n) is 3.69. The first-order valence-corrected chi connectivity index (χ1v) is 11.7. The van der Waals surface area contributed by atoms with E-state index in [9.17, 15) is 15.3 Å². The Balaban J connectivity index is 1.50. The van der Waals surface area contributed by atoms with Gasteiger partial charge in [-0.1, -0.05) is 24.8 Å². The SMILES string of the molecule is CCc1ccc2nc(SCC(=O)Nc3sc4c(c3C#N)CCCC4)c(C#N)cc2c1. The lowest BCUT2D eigenvalue weighted by Crippen LogP contribution is -2.14. The number of nitriles is 2. The lowest BCUT2D eigenvalue weighted by molar-refractivity contribution is -0.113. The molecule has 1 aromatic carbocycles. The lowest BCUT2D eigenvalue weighted by atomic mass is 9.96. The topological polar surface area (TPSA) is 89.6 Å². The highest BCUT2D eigenvalue weighted by molar-refractivity contribution is 8.00. The van der Waals surface area contributed by atoms with E-state index in [1.807, 2.05) is 24.3 Å². The molecule has 0 spiro atoms. The summed E-state index contributed by atoms with van der Waals surface area (Å²) in [5.41, 5.74) is 4.19. The molecule has 0 saturated carbocycles. The summed E-state index contributed by atoms with van der Waals surface area (Å²) in [7, 11) is 0. The number of hydrogen-bond acceptors (Lipinski definition) is 6. The molecule has 4 rings (SSSR count). The van der Waals surface area contributed by atoms with Crippen molar-refractivity contribution in [2.75, 3.05) is 11.1 Å². The highest BCUT2D eigenvalue weighted by Crippen LogP contribution is 2.37. The molecule has 150 valence electrons. The number of hydrogen-bond donors (Lipinski definition) is 1. The molecular formula is C23H20N4OS2. The predicted molar refractivity (Wildman–Crippen MR) is 121 cm³/mol. The molecule has 1 aliphatic rings. The summed E-state index contributed by atoms with van der Waals surface area (Å²) < 4.78 is 0. The molecule has 0 aliphatic heterocycles. The van der Waals surface area contributed by atoms with Crippen LogP contribution in [-0.4, -0.2) is 16.6 Å². The fourth-order valence-corrected chi connectivity index (χ4v) is 5.71. The van der Waals surface area contributed by atoms with Gasteiger partial charge in [-0.25, -0.2) is 4.98 Å². The molecule has 0 unspecified atom stereocenters. The van der Waals surface area contributed by atoms with Crippen molar-refractivity contribution in [1.82, 2.24) is 4.98 Å². The zero-order valence-corrected chi connectivity index (χ0v) is 18.3. The Morgan fingerprint density at radius 2 is 2.07 bits per heavy atom. The Morgan fingerprint density at radius 1 is 1.23 bits per heavy atom. The van der Waals surface area contributed by atoms with Crippen LogP contribution in [0.2, 0.25) is 0 Å². The lowest BCUT2D eigenvalue weighted by Gasteiger charge is -2.09. The molecule has 5 nitrogen and oxygen atoms in total. The molecule has 0 bridgehead atoms. The molecule has 0 radical (unpaired) electrons. The van der Waals surface area contributed by atoms with Crippen LogP contribution in [0.25, 0.3) is 10.9 Å². The first-order chi connectivity index (χ1) is 14.6. The van der Waals surface area contributed by atoms with Crippen LogP contribution in [0.4, 0.5) is 5.00 Å². The van der Waals surface area contributed by atoms with Crippen LogP contribution in [0, 0.1) is 22.7 Å². The van der Waals surface area contributed by atoms with E-state index in [0.29, 0.717) is 21.2 Å². The van der Waals surface area contributed by atoms with Gasteiger partial charge in [0.25, 0.3) is 0 Å². The first-order valence-electron chi connectivity index (χ1n) is 9.94. The van der Waals surface area contributed by atoms with Crippen molar-refractivity contribution in [1.29, 1.82) is 10.5 Å². The van der Waals surface area contributed by atoms with Gasteiger partial charge in [-0.15, -0.1) is 11.3 Å². The summed E-state index contributed by atoms with van der Waals surface area (Å²) in [6, 6.07) is 12.3. The third-order valence-electron chi connectivity index (χ3n) is 5.25. The summed E-state index contributed by atoms with van der Waals surface area (Å²) >= 11 is 2.77. The molecule has 1 amide bonds. The van der Waals surface area contributed by atoms with Gasteiger partial charge >= 0.3 is 0 Å².